The highest BCUT2D eigenvalue weighted by Gasteiger charge is 2.37. The van der Waals surface area contributed by atoms with E-state index in [1.165, 1.54) is 28.2 Å². The Morgan fingerprint density at radius 3 is 2.36 bits per heavy atom. The third-order valence-electron chi connectivity index (χ3n) is 3.35. The minimum Gasteiger partial charge on any atom is -0.249 e. The van der Waals surface area contributed by atoms with Crippen LogP contribution in [0.3, 0.4) is 0 Å². The predicted octanol–water partition coefficient (Wildman–Crippen LogP) is 4.10. The molecule has 2 aromatic carbocycles. The lowest BCUT2D eigenvalue weighted by atomic mass is 10.1. The quantitative estimate of drug-likeness (QED) is 0.763. The fraction of sp³-hybridized carbons (Fsp3) is 0.133. The minimum atomic E-state index is -3.63. The van der Waals surface area contributed by atoms with Gasteiger partial charge < -0.3 is 0 Å². The number of hydrogen-bond donors (Lipinski definition) is 0. The third kappa shape index (κ3) is 3.01. The highest BCUT2D eigenvalue weighted by atomic mass is 35.5. The zero-order chi connectivity index (χ0) is 15.7. The molecule has 0 radical (unpaired) electrons. The molecular formula is C15H12ClNO2S3. The van der Waals surface area contributed by atoms with E-state index in [1.54, 1.807) is 12.1 Å². The first-order valence-corrected chi connectivity index (χ1v) is 9.63. The topological polar surface area (TPSA) is 37.4 Å². The van der Waals surface area contributed by atoms with Crippen LogP contribution in [0.1, 0.15) is 10.8 Å². The van der Waals surface area contributed by atoms with Crippen LogP contribution < -0.4 is 0 Å². The average Bonchev–Trinajstić information content (AvgIpc) is 2.91. The Kier molecular flexibility index (Phi) is 4.45. The van der Waals surface area contributed by atoms with E-state index in [-0.39, 0.29) is 10.1 Å². The molecule has 1 atom stereocenters. The number of thiocarbonyl (C=S) groups is 1. The van der Waals surface area contributed by atoms with Crippen molar-refractivity contribution < 1.29 is 8.42 Å². The smallest absolute Gasteiger partial charge is 0.249 e. The number of rotatable bonds is 3. The number of sulfonamides is 1. The maximum Gasteiger partial charge on any atom is 0.265 e. The van der Waals surface area contributed by atoms with Gasteiger partial charge in [0.1, 0.15) is 0 Å². The van der Waals surface area contributed by atoms with Gasteiger partial charge >= 0.3 is 0 Å². The van der Waals surface area contributed by atoms with Crippen molar-refractivity contribution in [2.45, 2.75) is 10.1 Å². The standard InChI is InChI=1S/C15H12ClNO2S3/c16-12-6-8-13(9-7-12)22(18,19)17-10-14(21-15(17)20)11-4-2-1-3-5-11/h1-9,14H,10H2/t14-/m1/s1. The third-order valence-corrected chi connectivity index (χ3v) is 7.25. The van der Waals surface area contributed by atoms with E-state index in [0.717, 1.165) is 5.56 Å². The van der Waals surface area contributed by atoms with Crippen molar-refractivity contribution >= 4 is 49.9 Å². The highest BCUT2D eigenvalue weighted by molar-refractivity contribution is 8.24. The molecule has 0 unspecified atom stereocenters. The van der Waals surface area contributed by atoms with E-state index >= 15 is 0 Å². The van der Waals surface area contributed by atoms with E-state index in [1.807, 2.05) is 30.3 Å². The van der Waals surface area contributed by atoms with Gasteiger partial charge in [-0.3, -0.25) is 0 Å². The van der Waals surface area contributed by atoms with Crippen LogP contribution in [0.4, 0.5) is 0 Å². The maximum atomic E-state index is 12.7. The number of benzene rings is 2. The number of hydrogen-bond acceptors (Lipinski definition) is 4. The molecule has 1 saturated heterocycles. The molecule has 1 aliphatic rings. The largest absolute Gasteiger partial charge is 0.265 e. The lowest BCUT2D eigenvalue weighted by molar-refractivity contribution is 0.531. The van der Waals surface area contributed by atoms with E-state index in [2.05, 4.69) is 0 Å². The van der Waals surface area contributed by atoms with Crippen LogP contribution in [0.5, 0.6) is 0 Å². The fourth-order valence-electron chi connectivity index (χ4n) is 2.21. The highest BCUT2D eigenvalue weighted by Crippen LogP contribution is 2.40. The van der Waals surface area contributed by atoms with Gasteiger partial charge in [0.15, 0.2) is 4.32 Å². The molecule has 1 fully saturated rings. The summed E-state index contributed by atoms with van der Waals surface area (Å²) in [6.45, 7) is 0.346. The van der Waals surface area contributed by atoms with Crippen molar-refractivity contribution in [3.63, 3.8) is 0 Å². The first-order valence-electron chi connectivity index (χ1n) is 6.52. The van der Waals surface area contributed by atoms with Crippen molar-refractivity contribution in [2.24, 2.45) is 0 Å². The molecule has 3 rings (SSSR count). The van der Waals surface area contributed by atoms with Crippen LogP contribution in [0.25, 0.3) is 0 Å². The number of halogens is 1. The first kappa shape index (κ1) is 15.8. The van der Waals surface area contributed by atoms with E-state index in [0.29, 0.717) is 15.9 Å². The van der Waals surface area contributed by atoms with Crippen molar-refractivity contribution in [1.82, 2.24) is 4.31 Å². The summed E-state index contributed by atoms with van der Waals surface area (Å²) in [5, 5.41) is 0.523. The van der Waals surface area contributed by atoms with Crippen LogP contribution in [0.15, 0.2) is 59.5 Å². The van der Waals surface area contributed by atoms with Gasteiger partial charge in [0.25, 0.3) is 10.0 Å². The molecule has 2 aromatic rings. The molecule has 0 N–H and O–H groups in total. The molecular weight excluding hydrogens is 358 g/mol. The predicted molar refractivity (Wildman–Crippen MR) is 94.7 cm³/mol. The number of nitrogens with zero attached hydrogens (tertiary/aromatic N) is 1. The summed E-state index contributed by atoms with van der Waals surface area (Å²) in [7, 11) is -3.63. The molecule has 0 bridgehead atoms. The van der Waals surface area contributed by atoms with Gasteiger partial charge in [0.05, 0.1) is 16.7 Å². The molecule has 7 heteroatoms. The lowest BCUT2D eigenvalue weighted by Crippen LogP contribution is -2.31. The van der Waals surface area contributed by atoms with E-state index in [9.17, 15) is 8.42 Å². The Morgan fingerprint density at radius 1 is 1.09 bits per heavy atom. The van der Waals surface area contributed by atoms with Crippen LogP contribution >= 0.6 is 35.6 Å². The summed E-state index contributed by atoms with van der Waals surface area (Å²) >= 11 is 12.5. The Hall–Kier alpha value is -1.08. The van der Waals surface area contributed by atoms with Crippen molar-refractivity contribution in [2.75, 3.05) is 6.54 Å². The molecule has 0 saturated carbocycles. The normalized spacial score (nSPS) is 18.7. The first-order chi connectivity index (χ1) is 10.5. The SMILES string of the molecule is O=S(=O)(c1ccc(Cl)cc1)N1C[C@H](c2ccccc2)SC1=S. The molecule has 1 aliphatic heterocycles. The van der Waals surface area contributed by atoms with Gasteiger partial charge in [-0.05, 0) is 29.8 Å². The molecule has 0 spiro atoms. The molecule has 3 nitrogen and oxygen atoms in total. The van der Waals surface area contributed by atoms with Gasteiger partial charge in [-0.25, -0.2) is 12.7 Å². The Morgan fingerprint density at radius 2 is 1.73 bits per heavy atom. The molecule has 0 aromatic heterocycles. The van der Waals surface area contributed by atoms with Crippen molar-refractivity contribution in [1.29, 1.82) is 0 Å². The Labute approximate surface area is 144 Å². The van der Waals surface area contributed by atoms with Gasteiger partial charge in [0, 0.05) is 5.02 Å². The Bertz CT molecular complexity index is 791. The monoisotopic (exact) mass is 369 g/mol. The summed E-state index contributed by atoms with van der Waals surface area (Å²) in [5.74, 6) is 0. The molecule has 114 valence electrons. The summed E-state index contributed by atoms with van der Waals surface area (Å²) in [6, 6.07) is 15.9. The summed E-state index contributed by atoms with van der Waals surface area (Å²) in [6.07, 6.45) is 0. The summed E-state index contributed by atoms with van der Waals surface area (Å²) in [5.41, 5.74) is 1.07. The fourth-order valence-corrected chi connectivity index (χ4v) is 5.80. The van der Waals surface area contributed by atoms with Crippen LogP contribution in [-0.2, 0) is 10.0 Å². The van der Waals surface area contributed by atoms with E-state index < -0.39 is 10.0 Å². The summed E-state index contributed by atoms with van der Waals surface area (Å²) in [4.78, 5) is 0.202. The summed E-state index contributed by atoms with van der Waals surface area (Å²) < 4.78 is 27.1. The zero-order valence-electron chi connectivity index (χ0n) is 11.3. The maximum absolute atomic E-state index is 12.7. The number of thioether (sulfide) groups is 1. The lowest BCUT2D eigenvalue weighted by Gasteiger charge is -2.17. The van der Waals surface area contributed by atoms with Crippen LogP contribution in [0.2, 0.25) is 5.02 Å². The molecule has 22 heavy (non-hydrogen) atoms. The van der Waals surface area contributed by atoms with Crippen molar-refractivity contribution in [3.8, 4) is 0 Å². The van der Waals surface area contributed by atoms with Crippen LogP contribution in [-0.4, -0.2) is 23.6 Å². The second kappa shape index (κ2) is 6.20. The molecule has 0 amide bonds. The second-order valence-electron chi connectivity index (χ2n) is 4.77. The zero-order valence-corrected chi connectivity index (χ0v) is 14.6. The molecule has 0 aliphatic carbocycles. The Balaban J connectivity index is 1.89. The van der Waals surface area contributed by atoms with Gasteiger partial charge in [-0.15, -0.1) is 0 Å². The van der Waals surface area contributed by atoms with Gasteiger partial charge in [-0.1, -0.05) is 65.9 Å². The minimum absolute atomic E-state index is 0.0239. The molecule has 1 heterocycles. The van der Waals surface area contributed by atoms with Crippen LogP contribution in [0, 0.1) is 0 Å². The van der Waals surface area contributed by atoms with Crippen molar-refractivity contribution in [3.05, 3.63) is 65.2 Å². The second-order valence-corrected chi connectivity index (χ2v) is 8.91. The average molecular weight is 370 g/mol. The van der Waals surface area contributed by atoms with Gasteiger partial charge in [-0.2, -0.15) is 0 Å². The van der Waals surface area contributed by atoms with Gasteiger partial charge in [0.2, 0.25) is 0 Å². The van der Waals surface area contributed by atoms with E-state index in [4.69, 9.17) is 23.8 Å².